The van der Waals surface area contributed by atoms with Gasteiger partial charge in [0.15, 0.2) is 0 Å². The highest BCUT2D eigenvalue weighted by Crippen LogP contribution is 2.39. The quantitative estimate of drug-likeness (QED) is 0.583. The van der Waals surface area contributed by atoms with Crippen LogP contribution in [0.2, 0.25) is 0 Å². The fourth-order valence-electron chi connectivity index (χ4n) is 3.07. The van der Waals surface area contributed by atoms with Gasteiger partial charge in [-0.25, -0.2) is 0 Å². The molecule has 132 valence electrons. The Morgan fingerprint density at radius 3 is 1.72 bits per heavy atom. The molecule has 0 amide bonds. The molecule has 0 radical (unpaired) electrons. The van der Waals surface area contributed by atoms with Gasteiger partial charge >= 0.3 is 6.18 Å². The fourth-order valence-corrected chi connectivity index (χ4v) is 3.07. The zero-order valence-electron chi connectivity index (χ0n) is 13.3. The second kappa shape index (κ2) is 5.83. The number of hydrogen-bond acceptors (Lipinski definition) is 2. The van der Waals surface area contributed by atoms with Crippen molar-refractivity contribution in [2.24, 2.45) is 0 Å². The Balaban J connectivity index is 2.40. The van der Waals surface area contributed by atoms with Gasteiger partial charge in [0.1, 0.15) is 0 Å². The molecular formula is C16H15F3N4O2. The summed E-state index contributed by atoms with van der Waals surface area (Å²) in [5, 5.41) is 9.93. The molecule has 0 aliphatic carbocycles. The number of alkyl halides is 3. The Morgan fingerprint density at radius 2 is 1.32 bits per heavy atom. The maximum atomic E-state index is 13.5. The molecule has 3 rings (SSSR count). The minimum absolute atomic E-state index is 0.0740. The number of aromatic nitrogens is 4. The number of aryl methyl sites for hydroxylation is 2. The Labute approximate surface area is 139 Å². The molecule has 0 aliphatic heterocycles. The van der Waals surface area contributed by atoms with Gasteiger partial charge in [-0.1, -0.05) is 18.2 Å². The third-order valence-corrected chi connectivity index (χ3v) is 4.18. The summed E-state index contributed by atoms with van der Waals surface area (Å²) in [5.41, 5.74) is -1.30. The molecule has 0 saturated carbocycles. The van der Waals surface area contributed by atoms with E-state index in [9.17, 15) is 22.8 Å². The zero-order chi connectivity index (χ0) is 18.4. The van der Waals surface area contributed by atoms with E-state index in [0.717, 1.165) is 6.07 Å². The summed E-state index contributed by atoms with van der Waals surface area (Å²) >= 11 is 0. The van der Waals surface area contributed by atoms with Crippen LogP contribution in [0.4, 0.5) is 13.2 Å². The van der Waals surface area contributed by atoms with E-state index in [1.165, 1.54) is 18.2 Å². The van der Waals surface area contributed by atoms with Crippen LogP contribution in [-0.2, 0) is 6.18 Å². The highest BCUT2D eigenvalue weighted by molar-refractivity contribution is 5.48. The first-order valence-corrected chi connectivity index (χ1v) is 7.42. The van der Waals surface area contributed by atoms with Crippen molar-refractivity contribution in [2.75, 3.05) is 0 Å². The Kier molecular flexibility index (Phi) is 3.94. The third kappa shape index (κ3) is 2.81. The van der Waals surface area contributed by atoms with Gasteiger partial charge in [0.05, 0.1) is 16.7 Å². The molecule has 2 heterocycles. The molecule has 2 aromatic heterocycles. The summed E-state index contributed by atoms with van der Waals surface area (Å²) in [6.45, 7) is 3.12. The normalized spacial score (nSPS) is 12.1. The van der Waals surface area contributed by atoms with E-state index in [0.29, 0.717) is 11.4 Å². The van der Waals surface area contributed by atoms with E-state index >= 15 is 0 Å². The predicted molar refractivity (Wildman–Crippen MR) is 84.7 cm³/mol. The lowest BCUT2D eigenvalue weighted by Crippen LogP contribution is -2.23. The average Bonchev–Trinajstić information content (AvgIpc) is 3.05. The average molecular weight is 352 g/mol. The van der Waals surface area contributed by atoms with Gasteiger partial charge in [-0.15, -0.1) is 0 Å². The van der Waals surface area contributed by atoms with Gasteiger partial charge < -0.3 is 10.2 Å². The summed E-state index contributed by atoms with van der Waals surface area (Å²) in [6.07, 6.45) is -4.62. The zero-order valence-corrected chi connectivity index (χ0v) is 13.3. The molecule has 1 aromatic carbocycles. The largest absolute Gasteiger partial charge is 0.416 e. The van der Waals surface area contributed by atoms with Gasteiger partial charge in [-0.3, -0.25) is 19.8 Å². The SMILES string of the molecule is Cc1[nH][nH]c(=O)c1C(c1ccccc1C(F)(F)F)c1c(C)[nH][nH]c1=O. The van der Waals surface area contributed by atoms with Crippen LogP contribution >= 0.6 is 0 Å². The third-order valence-electron chi connectivity index (χ3n) is 4.18. The summed E-state index contributed by atoms with van der Waals surface area (Å²) < 4.78 is 40.5. The lowest BCUT2D eigenvalue weighted by molar-refractivity contribution is -0.138. The van der Waals surface area contributed by atoms with Crippen LogP contribution in [0.5, 0.6) is 0 Å². The monoisotopic (exact) mass is 352 g/mol. The second-order valence-electron chi connectivity index (χ2n) is 5.75. The first-order chi connectivity index (χ1) is 11.7. The summed E-state index contributed by atoms with van der Waals surface area (Å²) in [7, 11) is 0. The lowest BCUT2D eigenvalue weighted by Gasteiger charge is -2.20. The van der Waals surface area contributed by atoms with E-state index in [4.69, 9.17) is 0 Å². The molecule has 4 N–H and O–H groups in total. The molecule has 0 fully saturated rings. The van der Waals surface area contributed by atoms with E-state index in [1.54, 1.807) is 13.8 Å². The highest BCUT2D eigenvalue weighted by Gasteiger charge is 2.38. The first kappa shape index (κ1) is 16.9. The number of benzene rings is 1. The van der Waals surface area contributed by atoms with Crippen molar-refractivity contribution in [3.8, 4) is 0 Å². The number of aromatic amines is 4. The van der Waals surface area contributed by atoms with Crippen LogP contribution in [0.25, 0.3) is 0 Å². The van der Waals surface area contributed by atoms with Crippen molar-refractivity contribution < 1.29 is 13.2 Å². The topological polar surface area (TPSA) is 97.3 Å². The van der Waals surface area contributed by atoms with Crippen molar-refractivity contribution in [1.29, 1.82) is 0 Å². The molecule has 0 bridgehead atoms. The second-order valence-corrected chi connectivity index (χ2v) is 5.75. The van der Waals surface area contributed by atoms with Gasteiger partial charge in [-0.2, -0.15) is 13.2 Å². The lowest BCUT2D eigenvalue weighted by atomic mass is 9.83. The summed E-state index contributed by atoms with van der Waals surface area (Å²) in [5.74, 6) is -1.16. The number of H-pyrrole nitrogens is 4. The van der Waals surface area contributed by atoms with Crippen molar-refractivity contribution in [3.05, 3.63) is 78.6 Å². The number of hydrogen-bond donors (Lipinski definition) is 4. The van der Waals surface area contributed by atoms with Gasteiger partial charge in [0.2, 0.25) is 0 Å². The number of rotatable bonds is 3. The molecule has 0 unspecified atom stereocenters. The minimum atomic E-state index is -4.62. The van der Waals surface area contributed by atoms with Crippen LogP contribution < -0.4 is 11.1 Å². The van der Waals surface area contributed by atoms with Crippen LogP contribution in [0.1, 0.15) is 39.6 Å². The fraction of sp³-hybridized carbons (Fsp3) is 0.250. The smallest absolute Gasteiger partial charge is 0.302 e. The molecule has 0 spiro atoms. The molecule has 6 nitrogen and oxygen atoms in total. The Morgan fingerprint density at radius 1 is 0.840 bits per heavy atom. The summed E-state index contributed by atoms with van der Waals surface area (Å²) in [6, 6.07) is 4.94. The van der Waals surface area contributed by atoms with E-state index < -0.39 is 28.8 Å². The minimum Gasteiger partial charge on any atom is -0.302 e. The van der Waals surface area contributed by atoms with Crippen LogP contribution in [0.15, 0.2) is 33.9 Å². The highest BCUT2D eigenvalue weighted by atomic mass is 19.4. The predicted octanol–water partition coefficient (Wildman–Crippen LogP) is 2.54. The van der Waals surface area contributed by atoms with Gasteiger partial charge in [0, 0.05) is 17.3 Å². The van der Waals surface area contributed by atoms with E-state index in [2.05, 4.69) is 20.4 Å². The molecule has 0 aliphatic rings. The van der Waals surface area contributed by atoms with Crippen LogP contribution in [0.3, 0.4) is 0 Å². The van der Waals surface area contributed by atoms with Crippen LogP contribution in [-0.4, -0.2) is 20.4 Å². The maximum absolute atomic E-state index is 13.5. The molecule has 0 saturated heterocycles. The number of halogens is 3. The van der Waals surface area contributed by atoms with Crippen molar-refractivity contribution in [1.82, 2.24) is 20.4 Å². The Hall–Kier alpha value is -2.97. The standard InChI is InChI=1S/C16H15F3N4O2/c1-7-11(14(24)22-20-7)13(12-8(2)21-23-15(12)25)9-5-3-4-6-10(9)16(17,18)19/h3-6,13H,1-2H3,(H2,20,22,24)(H2,21,23,25). The summed E-state index contributed by atoms with van der Waals surface area (Å²) in [4.78, 5) is 24.5. The Bertz CT molecular complexity index is 969. The van der Waals surface area contributed by atoms with E-state index in [1.807, 2.05) is 0 Å². The van der Waals surface area contributed by atoms with Gasteiger partial charge in [-0.05, 0) is 25.5 Å². The number of nitrogens with one attached hydrogen (secondary N) is 4. The molecular weight excluding hydrogens is 337 g/mol. The molecule has 25 heavy (non-hydrogen) atoms. The van der Waals surface area contributed by atoms with Crippen LogP contribution in [0, 0.1) is 13.8 Å². The first-order valence-electron chi connectivity index (χ1n) is 7.42. The molecule has 3 aromatic rings. The van der Waals surface area contributed by atoms with Crippen molar-refractivity contribution in [2.45, 2.75) is 25.9 Å². The molecule has 9 heteroatoms. The molecule has 0 atom stereocenters. The van der Waals surface area contributed by atoms with Gasteiger partial charge in [0.25, 0.3) is 11.1 Å². The van der Waals surface area contributed by atoms with E-state index in [-0.39, 0.29) is 16.7 Å². The van der Waals surface area contributed by atoms with Crippen molar-refractivity contribution in [3.63, 3.8) is 0 Å². The maximum Gasteiger partial charge on any atom is 0.416 e. The van der Waals surface area contributed by atoms with Crippen molar-refractivity contribution >= 4 is 0 Å².